The van der Waals surface area contributed by atoms with E-state index in [1.54, 1.807) is 6.20 Å². The van der Waals surface area contributed by atoms with Crippen LogP contribution >= 0.6 is 0 Å². The molecule has 0 bridgehead atoms. The molecule has 3 aromatic heterocycles. The Morgan fingerprint density at radius 2 is 2.04 bits per heavy atom. The van der Waals surface area contributed by atoms with Gasteiger partial charge < -0.3 is 9.88 Å². The molecule has 1 aliphatic rings. The number of nitrogens with one attached hydrogen (secondary N) is 1. The molecule has 4 aromatic rings. The lowest BCUT2D eigenvalue weighted by Crippen LogP contribution is -2.39. The van der Waals surface area contributed by atoms with Crippen LogP contribution in [0.25, 0.3) is 16.8 Å². The lowest BCUT2D eigenvalue weighted by molar-refractivity contribution is 0.0704. The van der Waals surface area contributed by atoms with Crippen molar-refractivity contribution >= 4 is 22.7 Å². The van der Waals surface area contributed by atoms with E-state index in [9.17, 15) is 4.79 Å². The van der Waals surface area contributed by atoms with Gasteiger partial charge in [0.25, 0.3) is 5.91 Å². The van der Waals surface area contributed by atoms with Gasteiger partial charge in [-0.2, -0.15) is 0 Å². The third-order valence-electron chi connectivity index (χ3n) is 5.06. The van der Waals surface area contributed by atoms with Crippen molar-refractivity contribution in [2.24, 2.45) is 0 Å². The quantitative estimate of drug-likeness (QED) is 0.605. The summed E-state index contributed by atoms with van der Waals surface area (Å²) in [5.41, 5.74) is 3.25. The number of rotatable bonds is 2. The monoisotopic (exact) mass is 346 g/mol. The number of carbonyl (C=O) groups excluding carboxylic acids is 1. The highest BCUT2D eigenvalue weighted by Gasteiger charge is 2.29. The molecule has 4 heterocycles. The molecule has 1 aromatic carbocycles. The summed E-state index contributed by atoms with van der Waals surface area (Å²) < 4.78 is 2.06. The van der Waals surface area contributed by atoms with Gasteiger partial charge in [-0.05, 0) is 31.0 Å². The number of nitrogens with zero attached hydrogens (tertiary/aromatic N) is 5. The number of aromatic nitrogens is 5. The van der Waals surface area contributed by atoms with Crippen molar-refractivity contribution in [1.29, 1.82) is 0 Å². The summed E-state index contributed by atoms with van der Waals surface area (Å²) >= 11 is 0. The van der Waals surface area contributed by atoms with Gasteiger partial charge in [0.2, 0.25) is 0 Å². The maximum atomic E-state index is 12.8. The van der Waals surface area contributed by atoms with Crippen molar-refractivity contribution < 1.29 is 4.79 Å². The summed E-state index contributed by atoms with van der Waals surface area (Å²) in [5.74, 6) is 1.14. The first-order valence-corrected chi connectivity index (χ1v) is 8.83. The third-order valence-corrected chi connectivity index (χ3v) is 5.06. The maximum Gasteiger partial charge on any atom is 0.253 e. The number of likely N-dealkylation sites (tertiary alicyclic amines) is 1. The number of hydrogen-bond acceptors (Lipinski definition) is 4. The van der Waals surface area contributed by atoms with Crippen molar-refractivity contribution in [3.63, 3.8) is 0 Å². The molecule has 0 saturated carbocycles. The van der Waals surface area contributed by atoms with Crippen LogP contribution in [0.3, 0.4) is 0 Å². The van der Waals surface area contributed by atoms with Crippen LogP contribution in [-0.4, -0.2) is 48.5 Å². The Hall–Kier alpha value is -3.22. The van der Waals surface area contributed by atoms with Gasteiger partial charge in [0, 0.05) is 30.8 Å². The molecule has 1 amide bonds. The lowest BCUT2D eigenvalue weighted by atomic mass is 9.96. The number of fused-ring (bicyclic) bond motifs is 3. The number of hydrogen-bond donors (Lipinski definition) is 1. The van der Waals surface area contributed by atoms with Crippen LogP contribution in [0.15, 0.2) is 48.8 Å². The van der Waals surface area contributed by atoms with Gasteiger partial charge in [0.05, 0.1) is 11.7 Å². The molecule has 1 N–H and O–H groups in total. The average molecular weight is 346 g/mol. The van der Waals surface area contributed by atoms with Crippen LogP contribution in [-0.2, 0) is 0 Å². The second-order valence-corrected chi connectivity index (χ2v) is 6.68. The summed E-state index contributed by atoms with van der Waals surface area (Å²) in [6, 6.07) is 11.4. The van der Waals surface area contributed by atoms with Crippen LogP contribution in [0.2, 0.25) is 0 Å². The fraction of sp³-hybridized carbons (Fsp3) is 0.263. The van der Waals surface area contributed by atoms with E-state index >= 15 is 0 Å². The van der Waals surface area contributed by atoms with Gasteiger partial charge in [-0.1, -0.05) is 18.2 Å². The lowest BCUT2D eigenvalue weighted by Gasteiger charge is -2.32. The van der Waals surface area contributed by atoms with E-state index in [-0.39, 0.29) is 11.8 Å². The van der Waals surface area contributed by atoms with E-state index in [0.717, 1.165) is 47.6 Å². The molecule has 7 nitrogen and oxygen atoms in total. The Balaban J connectivity index is 1.50. The normalized spacial score (nSPS) is 17.8. The minimum absolute atomic E-state index is 0.0811. The topological polar surface area (TPSA) is 79.2 Å². The van der Waals surface area contributed by atoms with Gasteiger partial charge >= 0.3 is 0 Å². The fourth-order valence-electron chi connectivity index (χ4n) is 3.80. The molecule has 0 unspecified atom stereocenters. The Morgan fingerprint density at radius 3 is 2.92 bits per heavy atom. The third kappa shape index (κ3) is 2.35. The molecular formula is C19H18N6O. The van der Waals surface area contributed by atoms with Crippen molar-refractivity contribution in [3.05, 3.63) is 60.2 Å². The zero-order chi connectivity index (χ0) is 17.5. The largest absolute Gasteiger partial charge is 0.345 e. The molecule has 26 heavy (non-hydrogen) atoms. The standard InChI is InChI=1S/C19H18N6O/c26-19(13-5-2-1-3-6-13)24-10-4-7-14(12-24)18-23-22-16-11-21-17-15(25(16)18)8-9-20-17/h1-3,5-6,8-9,11,14,20H,4,7,10,12H2/t14-/m1/s1. The van der Waals surface area contributed by atoms with Gasteiger partial charge in [0.1, 0.15) is 5.82 Å². The molecule has 0 spiro atoms. The summed E-state index contributed by atoms with van der Waals surface area (Å²) in [6.07, 6.45) is 5.55. The summed E-state index contributed by atoms with van der Waals surface area (Å²) in [7, 11) is 0. The van der Waals surface area contributed by atoms with Crippen LogP contribution in [0.1, 0.15) is 34.9 Å². The molecule has 0 aliphatic carbocycles. The number of carbonyl (C=O) groups is 1. The minimum atomic E-state index is 0.0811. The number of piperidine rings is 1. The van der Waals surface area contributed by atoms with E-state index in [0.29, 0.717) is 6.54 Å². The molecule has 1 saturated heterocycles. The van der Waals surface area contributed by atoms with Crippen molar-refractivity contribution in [3.8, 4) is 0 Å². The molecule has 5 rings (SSSR count). The van der Waals surface area contributed by atoms with Gasteiger partial charge in [0.15, 0.2) is 11.3 Å². The highest BCUT2D eigenvalue weighted by molar-refractivity contribution is 5.94. The zero-order valence-corrected chi connectivity index (χ0v) is 14.2. The van der Waals surface area contributed by atoms with Crippen molar-refractivity contribution in [1.82, 2.24) is 29.5 Å². The first-order chi connectivity index (χ1) is 12.8. The summed E-state index contributed by atoms with van der Waals surface area (Å²) in [4.78, 5) is 22.2. The molecule has 7 heteroatoms. The molecule has 0 radical (unpaired) electrons. The van der Waals surface area contributed by atoms with E-state index in [1.165, 1.54) is 0 Å². The number of amides is 1. The van der Waals surface area contributed by atoms with Crippen LogP contribution in [0, 0.1) is 0 Å². The van der Waals surface area contributed by atoms with E-state index in [4.69, 9.17) is 0 Å². The average Bonchev–Trinajstić information content (AvgIpc) is 3.34. The van der Waals surface area contributed by atoms with Crippen LogP contribution < -0.4 is 0 Å². The summed E-state index contributed by atoms with van der Waals surface area (Å²) in [6.45, 7) is 1.44. The highest BCUT2D eigenvalue weighted by Crippen LogP contribution is 2.28. The summed E-state index contributed by atoms with van der Waals surface area (Å²) in [5, 5.41) is 8.72. The highest BCUT2D eigenvalue weighted by atomic mass is 16.2. The molecule has 130 valence electrons. The second-order valence-electron chi connectivity index (χ2n) is 6.68. The molecular weight excluding hydrogens is 328 g/mol. The second kappa shape index (κ2) is 5.94. The SMILES string of the molecule is O=C(c1ccccc1)N1CCC[C@@H](c2nnc3cnc4[nH]ccc4n23)C1. The van der Waals surface area contributed by atoms with E-state index < -0.39 is 0 Å². The van der Waals surface area contributed by atoms with Crippen LogP contribution in [0.5, 0.6) is 0 Å². The molecule has 1 atom stereocenters. The van der Waals surface area contributed by atoms with Crippen molar-refractivity contribution in [2.45, 2.75) is 18.8 Å². The number of aromatic amines is 1. The first kappa shape index (κ1) is 15.1. The van der Waals surface area contributed by atoms with E-state index in [1.807, 2.05) is 47.5 Å². The number of benzene rings is 1. The first-order valence-electron chi connectivity index (χ1n) is 8.83. The molecule has 1 aliphatic heterocycles. The maximum absolute atomic E-state index is 12.8. The Kier molecular flexibility index (Phi) is 3.44. The van der Waals surface area contributed by atoms with Gasteiger partial charge in [-0.15, -0.1) is 10.2 Å². The Bertz CT molecular complexity index is 1080. The van der Waals surface area contributed by atoms with E-state index in [2.05, 4.69) is 24.6 Å². The predicted molar refractivity (Wildman–Crippen MR) is 97.0 cm³/mol. The Morgan fingerprint density at radius 1 is 1.15 bits per heavy atom. The van der Waals surface area contributed by atoms with Gasteiger partial charge in [-0.3, -0.25) is 9.20 Å². The van der Waals surface area contributed by atoms with Crippen LogP contribution in [0.4, 0.5) is 0 Å². The Labute approximate surface area is 149 Å². The number of H-pyrrole nitrogens is 1. The fourth-order valence-corrected chi connectivity index (χ4v) is 3.80. The minimum Gasteiger partial charge on any atom is -0.345 e. The smallest absolute Gasteiger partial charge is 0.253 e. The predicted octanol–water partition coefficient (Wildman–Crippen LogP) is 2.63. The van der Waals surface area contributed by atoms with Gasteiger partial charge in [-0.25, -0.2) is 4.98 Å². The zero-order valence-electron chi connectivity index (χ0n) is 14.2. The van der Waals surface area contributed by atoms with Crippen molar-refractivity contribution in [2.75, 3.05) is 13.1 Å². The molecule has 1 fully saturated rings.